The minimum Gasteiger partial charge on any atom is -0.389 e. The molecular weight excluding hydrogens is 266 g/mol. The summed E-state index contributed by atoms with van der Waals surface area (Å²) in [7, 11) is 1.62. The third kappa shape index (κ3) is 4.83. The zero-order valence-corrected chi connectivity index (χ0v) is 12.7. The highest BCUT2D eigenvalue weighted by molar-refractivity contribution is 5.77. The minimum atomic E-state index is -0.823. The Hall–Kier alpha value is -1.39. The number of benzene rings is 1. The van der Waals surface area contributed by atoms with Gasteiger partial charge in [-0.15, -0.1) is 0 Å². The molecule has 0 saturated heterocycles. The van der Waals surface area contributed by atoms with Crippen molar-refractivity contribution in [3.63, 3.8) is 0 Å². The maximum atomic E-state index is 12.2. The van der Waals surface area contributed by atoms with Gasteiger partial charge in [0.05, 0.1) is 24.7 Å². The van der Waals surface area contributed by atoms with Gasteiger partial charge in [0.2, 0.25) is 5.91 Å². The zero-order chi connectivity index (χ0) is 15.1. The largest absolute Gasteiger partial charge is 0.389 e. The molecule has 2 N–H and O–H groups in total. The fourth-order valence-corrected chi connectivity index (χ4v) is 3.00. The average molecular weight is 291 g/mol. The highest BCUT2D eigenvalue weighted by Crippen LogP contribution is 2.31. The number of rotatable bonds is 6. The molecule has 4 heteroatoms. The lowest BCUT2D eigenvalue weighted by molar-refractivity contribution is -0.128. The van der Waals surface area contributed by atoms with E-state index < -0.39 is 5.60 Å². The lowest BCUT2D eigenvalue weighted by Gasteiger charge is -2.32. The number of nitrogens with one attached hydrogen (secondary N) is 1. The van der Waals surface area contributed by atoms with Crippen molar-refractivity contribution in [2.75, 3.05) is 13.7 Å². The van der Waals surface area contributed by atoms with Crippen LogP contribution in [0.25, 0.3) is 0 Å². The SMILES string of the molecule is COCC(NC(=O)CC1(O)CCCCC1)c1ccccc1. The molecule has 1 fully saturated rings. The molecule has 1 aliphatic rings. The summed E-state index contributed by atoms with van der Waals surface area (Å²) in [6.07, 6.45) is 4.79. The Balaban J connectivity index is 1.95. The molecule has 1 amide bonds. The third-order valence-corrected chi connectivity index (χ3v) is 4.14. The van der Waals surface area contributed by atoms with Crippen LogP contribution in [0, 0.1) is 0 Å². The highest BCUT2D eigenvalue weighted by Gasteiger charge is 2.32. The molecule has 2 rings (SSSR count). The predicted octanol–water partition coefficient (Wildman–Crippen LogP) is 2.58. The number of amides is 1. The van der Waals surface area contributed by atoms with Crippen LogP contribution in [-0.4, -0.2) is 30.3 Å². The molecule has 0 bridgehead atoms. The van der Waals surface area contributed by atoms with Crippen LogP contribution in [0.15, 0.2) is 30.3 Å². The molecule has 1 aromatic carbocycles. The van der Waals surface area contributed by atoms with E-state index in [1.807, 2.05) is 30.3 Å². The van der Waals surface area contributed by atoms with Crippen molar-refractivity contribution in [2.45, 2.75) is 50.2 Å². The molecule has 116 valence electrons. The van der Waals surface area contributed by atoms with Crippen molar-refractivity contribution in [3.8, 4) is 0 Å². The summed E-state index contributed by atoms with van der Waals surface area (Å²) in [5, 5.41) is 13.4. The summed E-state index contributed by atoms with van der Waals surface area (Å²) in [6.45, 7) is 0.425. The van der Waals surface area contributed by atoms with Crippen molar-refractivity contribution < 1.29 is 14.6 Å². The molecule has 0 aromatic heterocycles. The van der Waals surface area contributed by atoms with Gasteiger partial charge >= 0.3 is 0 Å². The second-order valence-electron chi connectivity index (χ2n) is 5.95. The molecule has 1 atom stereocenters. The van der Waals surface area contributed by atoms with Gasteiger partial charge < -0.3 is 15.2 Å². The van der Waals surface area contributed by atoms with E-state index in [9.17, 15) is 9.90 Å². The van der Waals surface area contributed by atoms with Gasteiger partial charge in [-0.1, -0.05) is 49.6 Å². The smallest absolute Gasteiger partial charge is 0.223 e. The highest BCUT2D eigenvalue weighted by atomic mass is 16.5. The molecule has 4 nitrogen and oxygen atoms in total. The quantitative estimate of drug-likeness (QED) is 0.847. The molecule has 0 spiro atoms. The fourth-order valence-electron chi connectivity index (χ4n) is 3.00. The summed E-state index contributed by atoms with van der Waals surface area (Å²) in [4.78, 5) is 12.2. The van der Waals surface area contributed by atoms with Crippen LogP contribution in [0.2, 0.25) is 0 Å². The Morgan fingerprint density at radius 2 is 1.95 bits per heavy atom. The van der Waals surface area contributed by atoms with Crippen LogP contribution in [-0.2, 0) is 9.53 Å². The minimum absolute atomic E-state index is 0.106. The number of carbonyl (C=O) groups excluding carboxylic acids is 1. The number of methoxy groups -OCH3 is 1. The second-order valence-corrected chi connectivity index (χ2v) is 5.95. The molecule has 0 radical (unpaired) electrons. The first kappa shape index (κ1) is 16.0. The molecular formula is C17H25NO3. The Bertz CT molecular complexity index is 441. The summed E-state index contributed by atoms with van der Waals surface area (Å²) in [6, 6.07) is 9.60. The van der Waals surface area contributed by atoms with E-state index in [2.05, 4.69) is 5.32 Å². The predicted molar refractivity (Wildman–Crippen MR) is 81.9 cm³/mol. The van der Waals surface area contributed by atoms with Crippen LogP contribution in [0.3, 0.4) is 0 Å². The number of hydrogen-bond donors (Lipinski definition) is 2. The lowest BCUT2D eigenvalue weighted by atomic mass is 9.82. The van der Waals surface area contributed by atoms with E-state index in [-0.39, 0.29) is 18.4 Å². The normalized spacial score (nSPS) is 19.0. The van der Waals surface area contributed by atoms with E-state index in [4.69, 9.17) is 4.74 Å². The average Bonchev–Trinajstić information content (AvgIpc) is 2.48. The first-order chi connectivity index (χ1) is 10.1. The zero-order valence-electron chi connectivity index (χ0n) is 12.7. The molecule has 0 aliphatic heterocycles. The van der Waals surface area contributed by atoms with Crippen LogP contribution >= 0.6 is 0 Å². The molecule has 1 aliphatic carbocycles. The van der Waals surface area contributed by atoms with Gasteiger partial charge in [0, 0.05) is 7.11 Å². The van der Waals surface area contributed by atoms with E-state index in [0.717, 1.165) is 37.7 Å². The fraction of sp³-hybridized carbons (Fsp3) is 0.588. The molecule has 1 aromatic rings. The Morgan fingerprint density at radius 1 is 1.29 bits per heavy atom. The van der Waals surface area contributed by atoms with Crippen LogP contribution < -0.4 is 5.32 Å². The topological polar surface area (TPSA) is 58.6 Å². The van der Waals surface area contributed by atoms with Gasteiger partial charge in [-0.05, 0) is 18.4 Å². The van der Waals surface area contributed by atoms with Gasteiger partial charge in [0.25, 0.3) is 0 Å². The Labute approximate surface area is 126 Å². The number of hydrogen-bond acceptors (Lipinski definition) is 3. The van der Waals surface area contributed by atoms with Crippen molar-refractivity contribution >= 4 is 5.91 Å². The Kier molecular flexibility index (Phi) is 5.76. The van der Waals surface area contributed by atoms with E-state index in [1.165, 1.54) is 0 Å². The second kappa shape index (κ2) is 7.57. The van der Waals surface area contributed by atoms with E-state index in [0.29, 0.717) is 6.61 Å². The summed E-state index contributed by atoms with van der Waals surface area (Å²) in [5.74, 6) is -0.106. The van der Waals surface area contributed by atoms with Gasteiger partial charge in [0.15, 0.2) is 0 Å². The van der Waals surface area contributed by atoms with Crippen LogP contribution in [0.1, 0.15) is 50.1 Å². The summed E-state index contributed by atoms with van der Waals surface area (Å²) in [5.41, 5.74) is 0.194. The van der Waals surface area contributed by atoms with Gasteiger partial charge in [-0.25, -0.2) is 0 Å². The first-order valence-electron chi connectivity index (χ1n) is 7.69. The lowest BCUT2D eigenvalue weighted by Crippen LogP contribution is -2.40. The van der Waals surface area contributed by atoms with E-state index >= 15 is 0 Å². The molecule has 1 unspecified atom stereocenters. The maximum Gasteiger partial charge on any atom is 0.223 e. The van der Waals surface area contributed by atoms with Crippen molar-refractivity contribution in [3.05, 3.63) is 35.9 Å². The number of carbonyl (C=O) groups is 1. The van der Waals surface area contributed by atoms with Gasteiger partial charge in [-0.3, -0.25) is 4.79 Å². The van der Waals surface area contributed by atoms with Crippen molar-refractivity contribution in [1.82, 2.24) is 5.32 Å². The number of aliphatic hydroxyl groups is 1. The summed E-state index contributed by atoms with van der Waals surface area (Å²) < 4.78 is 5.20. The van der Waals surface area contributed by atoms with Crippen LogP contribution in [0.4, 0.5) is 0 Å². The van der Waals surface area contributed by atoms with Crippen molar-refractivity contribution in [2.24, 2.45) is 0 Å². The Morgan fingerprint density at radius 3 is 2.57 bits per heavy atom. The molecule has 21 heavy (non-hydrogen) atoms. The van der Waals surface area contributed by atoms with Crippen LogP contribution in [0.5, 0.6) is 0 Å². The van der Waals surface area contributed by atoms with Gasteiger partial charge in [-0.2, -0.15) is 0 Å². The standard InChI is InChI=1S/C17H25NO3/c1-21-13-15(14-8-4-2-5-9-14)18-16(19)12-17(20)10-6-3-7-11-17/h2,4-5,8-9,15,20H,3,6-7,10-13H2,1H3,(H,18,19). The van der Waals surface area contributed by atoms with Gasteiger partial charge in [0.1, 0.15) is 0 Å². The monoisotopic (exact) mass is 291 g/mol. The molecule has 0 heterocycles. The number of ether oxygens (including phenoxy) is 1. The summed E-state index contributed by atoms with van der Waals surface area (Å²) >= 11 is 0. The molecule has 1 saturated carbocycles. The first-order valence-corrected chi connectivity index (χ1v) is 7.69. The maximum absolute atomic E-state index is 12.2. The van der Waals surface area contributed by atoms with Crippen molar-refractivity contribution in [1.29, 1.82) is 0 Å². The van der Waals surface area contributed by atoms with E-state index in [1.54, 1.807) is 7.11 Å². The third-order valence-electron chi connectivity index (χ3n) is 4.14.